The van der Waals surface area contributed by atoms with Crippen LogP contribution in [0, 0.1) is 5.41 Å². The lowest BCUT2D eigenvalue weighted by atomic mass is 10.2. The summed E-state index contributed by atoms with van der Waals surface area (Å²) in [4.78, 5) is 14.8. The highest BCUT2D eigenvalue weighted by molar-refractivity contribution is 6.41. The molecule has 0 spiro atoms. The Hall–Kier alpha value is -1.19. The van der Waals surface area contributed by atoms with Crippen molar-refractivity contribution in [3.8, 4) is 0 Å². The fraction of sp³-hybridized carbons (Fsp3) is 0.700. The van der Waals surface area contributed by atoms with E-state index < -0.39 is 11.7 Å². The first-order valence-electron chi connectivity index (χ1n) is 4.62. The van der Waals surface area contributed by atoms with Gasteiger partial charge in [-0.15, -0.1) is 0 Å². The zero-order chi connectivity index (χ0) is 11.4. The van der Waals surface area contributed by atoms with Crippen LogP contribution in [0.1, 0.15) is 41.0 Å². The van der Waals surface area contributed by atoms with Crippen LogP contribution in [0.2, 0.25) is 0 Å². The molecule has 0 unspecified atom stereocenters. The van der Waals surface area contributed by atoms with E-state index in [-0.39, 0.29) is 0 Å². The molecule has 0 saturated carbocycles. The normalized spacial score (nSPS) is 12.5. The molecule has 14 heavy (non-hydrogen) atoms. The molecule has 0 aromatic rings. The van der Waals surface area contributed by atoms with Gasteiger partial charge in [0.25, 0.3) is 0 Å². The second-order valence-corrected chi connectivity index (χ2v) is 4.01. The van der Waals surface area contributed by atoms with E-state index in [2.05, 4.69) is 4.99 Å². The average molecular weight is 198 g/mol. The third-order valence-corrected chi connectivity index (χ3v) is 1.44. The quantitative estimate of drug-likeness (QED) is 0.693. The van der Waals surface area contributed by atoms with Gasteiger partial charge in [-0.1, -0.05) is 6.92 Å². The molecule has 0 aliphatic carbocycles. The predicted octanol–water partition coefficient (Wildman–Crippen LogP) is 2.81. The Morgan fingerprint density at radius 1 is 1.43 bits per heavy atom. The molecule has 4 heteroatoms. The first-order valence-corrected chi connectivity index (χ1v) is 4.62. The fourth-order valence-electron chi connectivity index (χ4n) is 0.745. The van der Waals surface area contributed by atoms with Crippen LogP contribution < -0.4 is 0 Å². The van der Waals surface area contributed by atoms with Crippen LogP contribution in [0.15, 0.2) is 4.99 Å². The van der Waals surface area contributed by atoms with E-state index in [4.69, 9.17) is 10.1 Å². The second-order valence-electron chi connectivity index (χ2n) is 4.01. The van der Waals surface area contributed by atoms with Crippen molar-refractivity contribution in [2.45, 2.75) is 46.6 Å². The van der Waals surface area contributed by atoms with Gasteiger partial charge in [0.2, 0.25) is 0 Å². The maximum atomic E-state index is 11.2. The van der Waals surface area contributed by atoms with Gasteiger partial charge in [0.1, 0.15) is 5.60 Å². The molecule has 0 radical (unpaired) electrons. The summed E-state index contributed by atoms with van der Waals surface area (Å²) in [5, 5.41) is 7.43. The molecule has 1 N–H and O–H groups in total. The van der Waals surface area contributed by atoms with Crippen LogP contribution in [0.3, 0.4) is 0 Å². The minimum absolute atomic E-state index is 0.357. The first kappa shape index (κ1) is 12.8. The maximum absolute atomic E-state index is 11.2. The van der Waals surface area contributed by atoms with Crippen LogP contribution in [0.5, 0.6) is 0 Å². The zero-order valence-corrected chi connectivity index (χ0v) is 9.47. The number of rotatable bonds is 2. The second kappa shape index (κ2) is 4.88. The summed E-state index contributed by atoms with van der Waals surface area (Å²) in [5.41, 5.74) is 0.243. The van der Waals surface area contributed by atoms with Crippen molar-refractivity contribution in [1.82, 2.24) is 0 Å². The highest BCUT2D eigenvalue weighted by Crippen LogP contribution is 2.08. The Balaban J connectivity index is 4.37. The van der Waals surface area contributed by atoms with Crippen molar-refractivity contribution >= 4 is 17.5 Å². The molecule has 0 aliphatic heterocycles. The third kappa shape index (κ3) is 5.45. The van der Waals surface area contributed by atoms with E-state index >= 15 is 0 Å². The van der Waals surface area contributed by atoms with E-state index in [9.17, 15) is 4.79 Å². The fourth-order valence-corrected chi connectivity index (χ4v) is 0.745. The summed E-state index contributed by atoms with van der Waals surface area (Å²) < 4.78 is 4.98. The molecule has 80 valence electrons. The Kier molecular flexibility index (Phi) is 4.47. The maximum Gasteiger partial charge on any atom is 0.434 e. The molecule has 0 bridgehead atoms. The van der Waals surface area contributed by atoms with Crippen molar-refractivity contribution in [1.29, 1.82) is 5.41 Å². The van der Waals surface area contributed by atoms with Crippen molar-refractivity contribution in [2.24, 2.45) is 4.99 Å². The van der Waals surface area contributed by atoms with Gasteiger partial charge in [-0.05, 0) is 34.1 Å². The summed E-state index contributed by atoms with van der Waals surface area (Å²) in [6.45, 7) is 8.81. The van der Waals surface area contributed by atoms with E-state index in [0.29, 0.717) is 17.8 Å². The van der Waals surface area contributed by atoms with Gasteiger partial charge < -0.3 is 10.1 Å². The number of nitrogens with zero attached hydrogens (tertiary/aromatic N) is 1. The van der Waals surface area contributed by atoms with Gasteiger partial charge in [0.05, 0.1) is 11.4 Å². The van der Waals surface area contributed by atoms with Gasteiger partial charge in [0, 0.05) is 0 Å². The van der Waals surface area contributed by atoms with Crippen molar-refractivity contribution in [3.63, 3.8) is 0 Å². The number of hydrogen-bond acceptors (Lipinski definition) is 3. The highest BCUT2D eigenvalue weighted by atomic mass is 16.6. The van der Waals surface area contributed by atoms with Crippen molar-refractivity contribution in [2.75, 3.05) is 0 Å². The van der Waals surface area contributed by atoms with Crippen molar-refractivity contribution in [3.05, 3.63) is 0 Å². The largest absolute Gasteiger partial charge is 0.442 e. The summed E-state index contributed by atoms with van der Waals surface area (Å²) >= 11 is 0. The molecular formula is C10H18N2O2. The lowest BCUT2D eigenvalue weighted by Crippen LogP contribution is -2.23. The van der Waals surface area contributed by atoms with Crippen LogP contribution in [-0.4, -0.2) is 23.1 Å². The molecule has 1 amide bonds. The summed E-state index contributed by atoms with van der Waals surface area (Å²) in [6, 6.07) is 0. The standard InChI is InChI=1S/C10H18N2O2/c1-6-8(11)7(2)12-9(13)14-10(3,4)5/h11H,6H2,1-5H3. The van der Waals surface area contributed by atoms with Gasteiger partial charge >= 0.3 is 6.09 Å². The van der Waals surface area contributed by atoms with Gasteiger partial charge in [0.15, 0.2) is 0 Å². The summed E-state index contributed by atoms with van der Waals surface area (Å²) in [7, 11) is 0. The molecule has 0 rings (SSSR count). The Morgan fingerprint density at radius 2 is 1.93 bits per heavy atom. The van der Waals surface area contributed by atoms with E-state index in [1.54, 1.807) is 27.7 Å². The van der Waals surface area contributed by atoms with Crippen LogP contribution >= 0.6 is 0 Å². The summed E-state index contributed by atoms with van der Waals surface area (Å²) in [6.07, 6.45) is -0.0637. The van der Waals surface area contributed by atoms with Crippen molar-refractivity contribution < 1.29 is 9.53 Å². The molecule has 0 fully saturated rings. The first-order chi connectivity index (χ1) is 6.26. The number of amides is 1. The highest BCUT2D eigenvalue weighted by Gasteiger charge is 2.15. The predicted molar refractivity (Wildman–Crippen MR) is 57.4 cm³/mol. The van der Waals surface area contributed by atoms with E-state index in [0.717, 1.165) is 0 Å². The third-order valence-electron chi connectivity index (χ3n) is 1.44. The van der Waals surface area contributed by atoms with Crippen LogP contribution in [0.25, 0.3) is 0 Å². The number of hydrogen-bond donors (Lipinski definition) is 1. The SMILES string of the molecule is CCC(=N)C(C)=NC(=O)OC(C)(C)C. The number of aliphatic imine (C=N–C) groups is 1. The average Bonchev–Trinajstić information content (AvgIpc) is 1.99. The Labute approximate surface area is 84.9 Å². The van der Waals surface area contributed by atoms with Crippen LogP contribution in [0.4, 0.5) is 4.79 Å². The molecule has 0 aliphatic rings. The number of ether oxygens (including phenoxy) is 1. The number of nitrogens with one attached hydrogen (secondary N) is 1. The molecule has 4 nitrogen and oxygen atoms in total. The molecule has 0 aromatic carbocycles. The van der Waals surface area contributed by atoms with E-state index in [1.165, 1.54) is 0 Å². The smallest absolute Gasteiger partial charge is 0.434 e. The molecule has 0 saturated heterocycles. The Bertz CT molecular complexity index is 262. The molecular weight excluding hydrogens is 180 g/mol. The molecule has 0 heterocycles. The minimum atomic E-state index is -0.631. The zero-order valence-electron chi connectivity index (χ0n) is 9.47. The van der Waals surface area contributed by atoms with Gasteiger partial charge in [-0.25, -0.2) is 4.79 Å². The molecule has 0 atom stereocenters. The van der Waals surface area contributed by atoms with Gasteiger partial charge in [-0.2, -0.15) is 4.99 Å². The number of carbonyl (C=O) groups is 1. The molecule has 0 aromatic heterocycles. The van der Waals surface area contributed by atoms with E-state index in [1.807, 2.05) is 6.92 Å². The lowest BCUT2D eigenvalue weighted by molar-refractivity contribution is 0.0604. The lowest BCUT2D eigenvalue weighted by Gasteiger charge is -2.17. The van der Waals surface area contributed by atoms with Gasteiger partial charge in [-0.3, -0.25) is 0 Å². The monoisotopic (exact) mass is 198 g/mol. The summed E-state index contributed by atoms with van der Waals surface area (Å²) in [5.74, 6) is 0. The number of carbonyl (C=O) groups excluding carboxylic acids is 1. The topological polar surface area (TPSA) is 62.5 Å². The van der Waals surface area contributed by atoms with Crippen LogP contribution in [-0.2, 0) is 4.74 Å². The minimum Gasteiger partial charge on any atom is -0.442 e. The Morgan fingerprint density at radius 3 is 2.29 bits per heavy atom.